The minimum atomic E-state index is -0.271. The molecule has 0 nitrogen and oxygen atoms in total. The first-order chi connectivity index (χ1) is 10.1. The standard InChI is InChI=1S/C19H16ClF/c1-12-9-17(10-13(2)19(12)21)18(20)16-8-7-14-5-3-4-6-15(14)11-16/h3-11,18H,1-2H3. The summed E-state index contributed by atoms with van der Waals surface area (Å²) in [6, 6.07) is 18.1. The van der Waals surface area contributed by atoms with Crippen LogP contribution in [0.4, 0.5) is 4.39 Å². The molecule has 1 unspecified atom stereocenters. The minimum Gasteiger partial charge on any atom is -0.206 e. The van der Waals surface area contributed by atoms with Gasteiger partial charge in [0.2, 0.25) is 0 Å². The summed E-state index contributed by atoms with van der Waals surface area (Å²) in [7, 11) is 0. The quantitative estimate of drug-likeness (QED) is 0.515. The fraction of sp³-hybridized carbons (Fsp3) is 0.158. The van der Waals surface area contributed by atoms with Crippen LogP contribution in [0.3, 0.4) is 0 Å². The molecule has 0 saturated carbocycles. The molecule has 3 rings (SSSR count). The highest BCUT2D eigenvalue weighted by Gasteiger charge is 2.14. The summed E-state index contributed by atoms with van der Waals surface area (Å²) in [5.74, 6) is -0.152. The van der Waals surface area contributed by atoms with Crippen molar-refractivity contribution in [1.82, 2.24) is 0 Å². The molecule has 0 aromatic heterocycles. The zero-order valence-electron chi connectivity index (χ0n) is 12.0. The Kier molecular flexibility index (Phi) is 3.69. The maximum Gasteiger partial charge on any atom is 0.129 e. The van der Waals surface area contributed by atoms with Crippen molar-refractivity contribution >= 4 is 22.4 Å². The van der Waals surface area contributed by atoms with E-state index in [0.29, 0.717) is 11.1 Å². The molecular formula is C19H16ClF. The topological polar surface area (TPSA) is 0 Å². The van der Waals surface area contributed by atoms with Crippen LogP contribution in [0, 0.1) is 19.7 Å². The third-order valence-corrected chi connectivity index (χ3v) is 4.32. The molecule has 0 aliphatic carbocycles. The number of aryl methyl sites for hydroxylation is 2. The Morgan fingerprint density at radius 2 is 1.43 bits per heavy atom. The van der Waals surface area contributed by atoms with E-state index in [0.717, 1.165) is 16.5 Å². The molecule has 0 bridgehead atoms. The maximum atomic E-state index is 13.7. The minimum absolute atomic E-state index is 0.152. The lowest BCUT2D eigenvalue weighted by molar-refractivity contribution is 0.608. The third-order valence-electron chi connectivity index (χ3n) is 3.82. The smallest absolute Gasteiger partial charge is 0.129 e. The van der Waals surface area contributed by atoms with Crippen LogP contribution in [0.1, 0.15) is 27.6 Å². The fourth-order valence-electron chi connectivity index (χ4n) is 2.68. The molecule has 0 heterocycles. The van der Waals surface area contributed by atoms with Crippen LogP contribution >= 0.6 is 11.6 Å². The summed E-state index contributed by atoms with van der Waals surface area (Å²) in [6.45, 7) is 3.55. The van der Waals surface area contributed by atoms with Crippen molar-refractivity contribution in [2.75, 3.05) is 0 Å². The molecule has 0 spiro atoms. The Labute approximate surface area is 129 Å². The van der Waals surface area contributed by atoms with E-state index >= 15 is 0 Å². The van der Waals surface area contributed by atoms with E-state index in [1.165, 1.54) is 5.39 Å². The van der Waals surface area contributed by atoms with Crippen molar-refractivity contribution in [3.63, 3.8) is 0 Å². The van der Waals surface area contributed by atoms with E-state index in [9.17, 15) is 4.39 Å². The lowest BCUT2D eigenvalue weighted by Gasteiger charge is -2.14. The Bertz CT molecular complexity index is 785. The summed E-state index contributed by atoms with van der Waals surface area (Å²) in [6.07, 6.45) is 0. The predicted octanol–water partition coefficient (Wildman–Crippen LogP) is 5.92. The number of hydrogen-bond donors (Lipinski definition) is 0. The molecule has 3 aromatic carbocycles. The first kappa shape index (κ1) is 14.1. The largest absolute Gasteiger partial charge is 0.206 e. The summed E-state index contributed by atoms with van der Waals surface area (Å²) >= 11 is 6.61. The van der Waals surface area contributed by atoms with Crippen molar-refractivity contribution in [2.45, 2.75) is 19.2 Å². The van der Waals surface area contributed by atoms with E-state index in [1.54, 1.807) is 13.8 Å². The van der Waals surface area contributed by atoms with Crippen molar-refractivity contribution < 1.29 is 4.39 Å². The van der Waals surface area contributed by atoms with Gasteiger partial charge in [0, 0.05) is 0 Å². The van der Waals surface area contributed by atoms with Gasteiger partial charge in [0.1, 0.15) is 5.82 Å². The van der Waals surface area contributed by atoms with Gasteiger partial charge in [-0.3, -0.25) is 0 Å². The summed E-state index contributed by atoms with van der Waals surface area (Å²) in [5, 5.41) is 2.08. The first-order valence-corrected chi connectivity index (χ1v) is 7.39. The molecule has 21 heavy (non-hydrogen) atoms. The van der Waals surface area contributed by atoms with Crippen LogP contribution in [-0.2, 0) is 0 Å². The first-order valence-electron chi connectivity index (χ1n) is 6.95. The molecule has 2 heteroatoms. The molecule has 3 aromatic rings. The van der Waals surface area contributed by atoms with Crippen LogP contribution in [0.2, 0.25) is 0 Å². The van der Waals surface area contributed by atoms with Gasteiger partial charge in [0.15, 0.2) is 0 Å². The van der Waals surface area contributed by atoms with Gasteiger partial charge in [-0.15, -0.1) is 11.6 Å². The molecule has 0 saturated heterocycles. The average molecular weight is 299 g/mol. The van der Waals surface area contributed by atoms with E-state index in [1.807, 2.05) is 30.3 Å². The van der Waals surface area contributed by atoms with Gasteiger partial charge in [-0.25, -0.2) is 4.39 Å². The number of halogens is 2. The number of rotatable bonds is 2. The number of fused-ring (bicyclic) bond motifs is 1. The molecule has 106 valence electrons. The van der Waals surface area contributed by atoms with Gasteiger partial charge in [-0.1, -0.05) is 48.5 Å². The Balaban J connectivity index is 2.05. The van der Waals surface area contributed by atoms with Crippen LogP contribution in [-0.4, -0.2) is 0 Å². The van der Waals surface area contributed by atoms with E-state index in [2.05, 4.69) is 24.3 Å². The summed E-state index contributed by atoms with van der Waals surface area (Å²) in [5.41, 5.74) is 3.23. The second-order valence-electron chi connectivity index (χ2n) is 5.44. The number of alkyl halides is 1. The van der Waals surface area contributed by atoms with Gasteiger partial charge in [-0.2, -0.15) is 0 Å². The zero-order valence-corrected chi connectivity index (χ0v) is 12.8. The van der Waals surface area contributed by atoms with Crippen molar-refractivity contribution in [3.8, 4) is 0 Å². The van der Waals surface area contributed by atoms with Crippen molar-refractivity contribution in [1.29, 1.82) is 0 Å². The van der Waals surface area contributed by atoms with Gasteiger partial charge < -0.3 is 0 Å². The van der Waals surface area contributed by atoms with Crippen molar-refractivity contribution in [2.24, 2.45) is 0 Å². The fourth-order valence-corrected chi connectivity index (χ4v) is 2.95. The second kappa shape index (κ2) is 5.50. The maximum absolute atomic E-state index is 13.7. The summed E-state index contributed by atoms with van der Waals surface area (Å²) in [4.78, 5) is 0. The number of benzene rings is 3. The second-order valence-corrected chi connectivity index (χ2v) is 5.87. The lowest BCUT2D eigenvalue weighted by atomic mass is 9.98. The van der Waals surface area contributed by atoms with E-state index < -0.39 is 0 Å². The summed E-state index contributed by atoms with van der Waals surface area (Å²) < 4.78 is 13.7. The molecule has 1 atom stereocenters. The predicted molar refractivity (Wildman–Crippen MR) is 87.5 cm³/mol. The van der Waals surface area contributed by atoms with Gasteiger partial charge >= 0.3 is 0 Å². The van der Waals surface area contributed by atoms with Gasteiger partial charge in [0.25, 0.3) is 0 Å². The molecule has 0 fully saturated rings. The highest BCUT2D eigenvalue weighted by atomic mass is 35.5. The highest BCUT2D eigenvalue weighted by Crippen LogP contribution is 2.32. The normalized spacial score (nSPS) is 12.6. The number of hydrogen-bond acceptors (Lipinski definition) is 0. The van der Waals surface area contributed by atoms with Gasteiger partial charge in [-0.05, 0) is 52.9 Å². The van der Waals surface area contributed by atoms with Gasteiger partial charge in [0.05, 0.1) is 5.38 Å². The molecule has 0 amide bonds. The molecule has 0 aliphatic rings. The van der Waals surface area contributed by atoms with E-state index in [-0.39, 0.29) is 11.2 Å². The van der Waals surface area contributed by atoms with Crippen LogP contribution in [0.15, 0.2) is 54.6 Å². The monoisotopic (exact) mass is 298 g/mol. The molecule has 0 N–H and O–H groups in total. The Morgan fingerprint density at radius 1 is 0.810 bits per heavy atom. The molecule has 0 aliphatic heterocycles. The van der Waals surface area contributed by atoms with E-state index in [4.69, 9.17) is 11.6 Å². The Hall–Kier alpha value is -1.86. The van der Waals surface area contributed by atoms with Crippen molar-refractivity contribution in [3.05, 3.63) is 82.7 Å². The van der Waals surface area contributed by atoms with Crippen LogP contribution < -0.4 is 0 Å². The molecule has 0 radical (unpaired) electrons. The third kappa shape index (κ3) is 2.66. The lowest BCUT2D eigenvalue weighted by Crippen LogP contribution is -1.97. The van der Waals surface area contributed by atoms with Crippen LogP contribution in [0.5, 0.6) is 0 Å². The average Bonchev–Trinajstić information content (AvgIpc) is 2.51. The van der Waals surface area contributed by atoms with Crippen LogP contribution in [0.25, 0.3) is 10.8 Å². The highest BCUT2D eigenvalue weighted by molar-refractivity contribution is 6.22. The zero-order chi connectivity index (χ0) is 15.0. The SMILES string of the molecule is Cc1cc(C(Cl)c2ccc3ccccc3c2)cc(C)c1F. The molecular weight excluding hydrogens is 283 g/mol. The Morgan fingerprint density at radius 3 is 2.10 bits per heavy atom.